The van der Waals surface area contributed by atoms with Crippen molar-refractivity contribution < 1.29 is 18.8 Å². The third-order valence-electron chi connectivity index (χ3n) is 6.01. The first-order valence-corrected chi connectivity index (χ1v) is 10.5. The van der Waals surface area contributed by atoms with Crippen molar-refractivity contribution in [3.8, 4) is 5.69 Å². The van der Waals surface area contributed by atoms with Crippen LogP contribution in [0, 0.1) is 24.1 Å². The highest BCUT2D eigenvalue weighted by molar-refractivity contribution is 6.10. The van der Waals surface area contributed by atoms with E-state index in [0.717, 1.165) is 11.3 Å². The van der Waals surface area contributed by atoms with Gasteiger partial charge in [-0.3, -0.25) is 14.5 Å². The average Bonchev–Trinajstić information content (AvgIpc) is 3.18. The van der Waals surface area contributed by atoms with E-state index in [2.05, 4.69) is 46.9 Å². The molecule has 2 heterocycles. The van der Waals surface area contributed by atoms with Crippen molar-refractivity contribution in [3.63, 3.8) is 0 Å². The lowest BCUT2D eigenvalue weighted by atomic mass is 9.64. The second-order valence-corrected chi connectivity index (χ2v) is 9.61. The van der Waals surface area contributed by atoms with Crippen LogP contribution in [0.1, 0.15) is 45.9 Å². The van der Waals surface area contributed by atoms with Crippen molar-refractivity contribution in [3.05, 3.63) is 29.8 Å². The normalized spacial score (nSPS) is 24.7. The maximum atomic E-state index is 14.2. The van der Waals surface area contributed by atoms with Gasteiger partial charge >= 0.3 is 6.03 Å². The summed E-state index contributed by atoms with van der Waals surface area (Å²) in [5.74, 6) is -0.865. The number of carbonyl (C=O) groups excluding carboxylic acids is 3. The molecule has 1 spiro atoms. The van der Waals surface area contributed by atoms with Crippen LogP contribution in [0.2, 0.25) is 0 Å². The van der Waals surface area contributed by atoms with E-state index in [1.807, 2.05) is 0 Å². The van der Waals surface area contributed by atoms with E-state index < -0.39 is 29.8 Å². The number of rotatable bonds is 4. The Bertz CT molecular complexity index is 1100. The Morgan fingerprint density at radius 1 is 1.31 bits per heavy atom. The summed E-state index contributed by atoms with van der Waals surface area (Å²) in [4.78, 5) is 39.4. The first-order chi connectivity index (χ1) is 15.0. The maximum Gasteiger partial charge on any atom is 0.325 e. The minimum atomic E-state index is -0.973. The lowest BCUT2D eigenvalue weighted by Gasteiger charge is -2.43. The molecule has 11 heteroatoms. The predicted octanol–water partition coefficient (Wildman–Crippen LogP) is 2.19. The zero-order chi connectivity index (χ0) is 23.3. The highest BCUT2D eigenvalue weighted by Crippen LogP contribution is 2.46. The molecule has 4 rings (SSSR count). The number of carbonyl (C=O) groups is 3. The summed E-state index contributed by atoms with van der Waals surface area (Å²) in [6, 6.07) is 3.38. The molecule has 1 saturated heterocycles. The number of benzene rings is 1. The van der Waals surface area contributed by atoms with E-state index in [1.54, 1.807) is 6.92 Å². The van der Waals surface area contributed by atoms with Crippen molar-refractivity contribution in [2.24, 2.45) is 11.3 Å². The van der Waals surface area contributed by atoms with Crippen molar-refractivity contribution >= 4 is 23.5 Å². The number of amides is 4. The van der Waals surface area contributed by atoms with Gasteiger partial charge in [0.2, 0.25) is 5.91 Å². The standard InChI is InChI=1S/C21H26FN7O3/c1-12-8-20(3,4)11-21(9-12)18(31)28(19(32)24-21)10-17(30)23-14-5-6-15(22)16(7-14)29-13(2)25-26-27-29/h5-7,12H,8-11H2,1-4H3,(H,23,30)(H,24,32). The Hall–Kier alpha value is -3.37. The zero-order valence-electron chi connectivity index (χ0n) is 18.5. The molecule has 32 heavy (non-hydrogen) atoms. The highest BCUT2D eigenvalue weighted by atomic mass is 19.1. The number of tetrazole rings is 1. The number of nitrogens with zero attached hydrogens (tertiary/aromatic N) is 5. The third-order valence-corrected chi connectivity index (χ3v) is 6.01. The molecule has 170 valence electrons. The Kier molecular flexibility index (Phi) is 5.22. The molecule has 2 unspecified atom stereocenters. The van der Waals surface area contributed by atoms with Gasteiger partial charge in [0.15, 0.2) is 5.82 Å². The minimum absolute atomic E-state index is 0.0673. The molecule has 2 N–H and O–H groups in total. The molecule has 0 bridgehead atoms. The van der Waals surface area contributed by atoms with E-state index in [1.165, 1.54) is 22.9 Å². The maximum absolute atomic E-state index is 14.2. The van der Waals surface area contributed by atoms with Crippen LogP contribution in [0.15, 0.2) is 18.2 Å². The van der Waals surface area contributed by atoms with Gasteiger partial charge in [-0.1, -0.05) is 20.8 Å². The fourth-order valence-corrected chi connectivity index (χ4v) is 5.20. The fourth-order valence-electron chi connectivity index (χ4n) is 5.20. The molecule has 2 aromatic rings. The average molecular weight is 443 g/mol. The SMILES string of the molecule is Cc1nnnn1-c1cc(NC(=O)CN2C(=O)NC3(CC(C)CC(C)(C)C3)C2=O)ccc1F. The lowest BCUT2D eigenvalue weighted by molar-refractivity contribution is -0.136. The van der Waals surface area contributed by atoms with Crippen LogP contribution in [-0.4, -0.2) is 55.0 Å². The third kappa shape index (κ3) is 3.94. The molecule has 1 aliphatic carbocycles. The van der Waals surface area contributed by atoms with Crippen LogP contribution in [0.25, 0.3) is 5.69 Å². The van der Waals surface area contributed by atoms with Crippen LogP contribution < -0.4 is 10.6 Å². The Morgan fingerprint density at radius 2 is 2.06 bits per heavy atom. The zero-order valence-corrected chi connectivity index (χ0v) is 18.5. The number of hydrogen-bond acceptors (Lipinski definition) is 6. The summed E-state index contributed by atoms with van der Waals surface area (Å²) < 4.78 is 15.4. The monoisotopic (exact) mass is 443 g/mol. The molecular weight excluding hydrogens is 417 g/mol. The van der Waals surface area contributed by atoms with Gasteiger partial charge in [0.25, 0.3) is 5.91 Å². The van der Waals surface area contributed by atoms with Crippen molar-refractivity contribution in [2.45, 2.75) is 52.5 Å². The van der Waals surface area contributed by atoms with Gasteiger partial charge in [-0.05, 0) is 66.1 Å². The molecule has 2 aliphatic rings. The number of nitrogens with one attached hydrogen (secondary N) is 2. The number of imide groups is 1. The summed E-state index contributed by atoms with van der Waals surface area (Å²) in [5.41, 5.74) is -0.718. The van der Waals surface area contributed by atoms with Gasteiger partial charge in [-0.15, -0.1) is 5.10 Å². The van der Waals surface area contributed by atoms with Crippen LogP contribution in [0.3, 0.4) is 0 Å². The Labute approximate surface area is 184 Å². The summed E-state index contributed by atoms with van der Waals surface area (Å²) in [6.07, 6.45) is 2.04. The quantitative estimate of drug-likeness (QED) is 0.699. The van der Waals surface area contributed by atoms with E-state index in [4.69, 9.17) is 0 Å². The molecule has 2 fully saturated rings. The summed E-state index contributed by atoms with van der Waals surface area (Å²) >= 11 is 0. The smallest absolute Gasteiger partial charge is 0.324 e. The lowest BCUT2D eigenvalue weighted by Crippen LogP contribution is -2.54. The van der Waals surface area contributed by atoms with E-state index in [-0.39, 0.29) is 28.6 Å². The molecule has 1 saturated carbocycles. The minimum Gasteiger partial charge on any atom is -0.324 e. The molecular formula is C21H26FN7O3. The summed E-state index contributed by atoms with van der Waals surface area (Å²) in [7, 11) is 0. The van der Waals surface area contributed by atoms with Crippen molar-refractivity contribution in [1.82, 2.24) is 30.4 Å². The summed E-state index contributed by atoms with van der Waals surface area (Å²) in [5, 5.41) is 16.4. The van der Waals surface area contributed by atoms with E-state index in [9.17, 15) is 18.8 Å². The molecule has 2 atom stereocenters. The molecule has 1 aromatic carbocycles. The van der Waals surface area contributed by atoms with Gasteiger partial charge < -0.3 is 10.6 Å². The second-order valence-electron chi connectivity index (χ2n) is 9.61. The highest BCUT2D eigenvalue weighted by Gasteiger charge is 2.56. The number of halogens is 1. The molecule has 1 aromatic heterocycles. The number of hydrogen-bond donors (Lipinski definition) is 2. The van der Waals surface area contributed by atoms with Crippen LogP contribution in [0.5, 0.6) is 0 Å². The number of anilines is 1. The van der Waals surface area contributed by atoms with Crippen LogP contribution >= 0.6 is 0 Å². The van der Waals surface area contributed by atoms with Crippen molar-refractivity contribution in [2.75, 3.05) is 11.9 Å². The van der Waals surface area contributed by atoms with Crippen LogP contribution in [-0.2, 0) is 9.59 Å². The first kappa shape index (κ1) is 21.8. The predicted molar refractivity (Wildman–Crippen MR) is 112 cm³/mol. The Morgan fingerprint density at radius 3 is 2.72 bits per heavy atom. The van der Waals surface area contributed by atoms with Gasteiger partial charge in [-0.2, -0.15) is 4.68 Å². The van der Waals surface area contributed by atoms with Crippen LogP contribution in [0.4, 0.5) is 14.9 Å². The molecule has 4 amide bonds. The van der Waals surface area contributed by atoms with Gasteiger partial charge in [0.1, 0.15) is 23.6 Å². The fraction of sp³-hybridized carbons (Fsp3) is 0.524. The van der Waals surface area contributed by atoms with E-state index in [0.29, 0.717) is 18.7 Å². The number of aromatic nitrogens is 4. The second kappa shape index (κ2) is 7.64. The largest absolute Gasteiger partial charge is 0.325 e. The Balaban J connectivity index is 1.49. The van der Waals surface area contributed by atoms with Gasteiger partial charge in [0, 0.05) is 5.69 Å². The van der Waals surface area contributed by atoms with Gasteiger partial charge in [0.05, 0.1) is 0 Å². The molecule has 0 radical (unpaired) electrons. The van der Waals surface area contributed by atoms with E-state index >= 15 is 0 Å². The number of urea groups is 1. The topological polar surface area (TPSA) is 122 Å². The van der Waals surface area contributed by atoms with Gasteiger partial charge in [-0.25, -0.2) is 9.18 Å². The van der Waals surface area contributed by atoms with Crippen molar-refractivity contribution in [1.29, 1.82) is 0 Å². The molecule has 1 aliphatic heterocycles. The first-order valence-electron chi connectivity index (χ1n) is 10.5. The number of aryl methyl sites for hydroxylation is 1. The summed E-state index contributed by atoms with van der Waals surface area (Å²) in [6.45, 7) is 7.41. The molecule has 10 nitrogen and oxygen atoms in total.